The molecule has 0 atom stereocenters. The lowest BCUT2D eigenvalue weighted by atomic mass is 10.6. The van der Waals surface area contributed by atoms with Crippen LogP contribution in [-0.4, -0.2) is 50.9 Å². The number of nitrogens with one attached hydrogen (secondary N) is 2. The lowest BCUT2D eigenvalue weighted by Gasteiger charge is -2.06. The molecule has 0 bridgehead atoms. The average Bonchev–Trinajstić information content (AvgIpc) is 2.79. The minimum atomic E-state index is -3.86. The Kier molecular flexibility index (Phi) is 5.92. The monoisotopic (exact) mass is 305 g/mol. The van der Waals surface area contributed by atoms with Crippen LogP contribution in [0.1, 0.15) is 6.92 Å². The first-order valence-electron chi connectivity index (χ1n) is 5.99. The Hall–Kier alpha value is -1.65. The van der Waals surface area contributed by atoms with Gasteiger partial charge in [0.25, 0.3) is 0 Å². The summed E-state index contributed by atoms with van der Waals surface area (Å²) in [4.78, 5) is 11.3. The van der Waals surface area contributed by atoms with Crippen LogP contribution in [0.5, 0.6) is 0 Å². The van der Waals surface area contributed by atoms with Crippen molar-refractivity contribution in [1.82, 2.24) is 19.8 Å². The van der Waals surface area contributed by atoms with Gasteiger partial charge in [-0.05, 0) is 6.92 Å². The molecule has 9 nitrogen and oxygen atoms in total. The van der Waals surface area contributed by atoms with Gasteiger partial charge in [-0.15, -0.1) is 0 Å². The summed E-state index contributed by atoms with van der Waals surface area (Å²) in [5.41, 5.74) is 5.54. The van der Waals surface area contributed by atoms with Gasteiger partial charge in [-0.25, -0.2) is 13.1 Å². The first-order valence-corrected chi connectivity index (χ1v) is 7.47. The van der Waals surface area contributed by atoms with Gasteiger partial charge in [0.05, 0.1) is 13.2 Å². The van der Waals surface area contributed by atoms with Gasteiger partial charge in [-0.2, -0.15) is 5.10 Å². The summed E-state index contributed by atoms with van der Waals surface area (Å²) in [5.74, 6) is -0.550. The lowest BCUT2D eigenvalue weighted by Crippen LogP contribution is -2.38. The van der Waals surface area contributed by atoms with E-state index >= 15 is 0 Å². The fourth-order valence-corrected chi connectivity index (χ4v) is 2.43. The Balaban J connectivity index is 2.61. The highest BCUT2D eigenvalue weighted by Crippen LogP contribution is 2.15. The number of hydrogen-bond donors (Lipinski definition) is 3. The quantitative estimate of drug-likeness (QED) is 0.503. The van der Waals surface area contributed by atoms with Gasteiger partial charge >= 0.3 is 0 Å². The van der Waals surface area contributed by atoms with Crippen LogP contribution < -0.4 is 15.8 Å². The first-order chi connectivity index (χ1) is 9.40. The summed E-state index contributed by atoms with van der Waals surface area (Å²) in [5, 5.41) is 6.34. The number of nitrogens with two attached hydrogens (primary N) is 1. The Morgan fingerprint density at radius 3 is 2.80 bits per heavy atom. The molecule has 10 heteroatoms. The number of methoxy groups -OCH3 is 1. The number of nitrogen functional groups attached to an aromatic ring is 1. The maximum atomic E-state index is 12.0. The largest absolute Gasteiger partial charge is 0.383 e. The molecule has 114 valence electrons. The number of amides is 1. The third-order valence-corrected chi connectivity index (χ3v) is 3.84. The summed E-state index contributed by atoms with van der Waals surface area (Å²) < 4.78 is 32.3. The molecule has 1 rings (SSSR count). The molecule has 0 radical (unpaired) electrons. The maximum Gasteiger partial charge on any atom is 0.246 e. The Morgan fingerprint density at radius 2 is 2.25 bits per heavy atom. The van der Waals surface area contributed by atoms with Gasteiger partial charge in [0.2, 0.25) is 15.9 Å². The molecule has 1 aromatic rings. The smallest absolute Gasteiger partial charge is 0.246 e. The average molecular weight is 305 g/mol. The van der Waals surface area contributed by atoms with Crippen molar-refractivity contribution in [3.05, 3.63) is 6.20 Å². The molecule has 4 N–H and O–H groups in total. The fraction of sp³-hybridized carbons (Fsp3) is 0.600. The van der Waals surface area contributed by atoms with Crippen molar-refractivity contribution >= 4 is 21.7 Å². The molecular formula is C10H19N5O4S. The van der Waals surface area contributed by atoms with Crippen LogP contribution in [-0.2, 0) is 26.1 Å². The maximum absolute atomic E-state index is 12.0. The Bertz CT molecular complexity index is 554. The molecule has 0 saturated carbocycles. The van der Waals surface area contributed by atoms with Crippen LogP contribution in [0.15, 0.2) is 11.1 Å². The number of nitrogens with zero attached hydrogens (tertiary/aromatic N) is 2. The number of sulfonamides is 1. The third kappa shape index (κ3) is 4.47. The predicted molar refractivity (Wildman–Crippen MR) is 72.4 cm³/mol. The number of ether oxygens (including phenoxy) is 1. The molecule has 0 aliphatic rings. The Morgan fingerprint density at radius 1 is 1.55 bits per heavy atom. The second-order valence-electron chi connectivity index (χ2n) is 3.90. The van der Waals surface area contributed by atoms with E-state index in [1.54, 1.807) is 6.92 Å². The minimum Gasteiger partial charge on any atom is -0.383 e. The number of aromatic nitrogens is 2. The van der Waals surface area contributed by atoms with E-state index in [2.05, 4.69) is 15.1 Å². The van der Waals surface area contributed by atoms with Gasteiger partial charge in [0.15, 0.2) is 5.82 Å². The molecule has 0 fully saturated rings. The highest BCUT2D eigenvalue weighted by atomic mass is 32.2. The fourth-order valence-electron chi connectivity index (χ4n) is 1.38. The first kappa shape index (κ1) is 16.4. The van der Waals surface area contributed by atoms with Crippen LogP contribution >= 0.6 is 0 Å². The van der Waals surface area contributed by atoms with Gasteiger partial charge < -0.3 is 15.8 Å². The van der Waals surface area contributed by atoms with Crippen molar-refractivity contribution in [2.75, 3.05) is 32.5 Å². The molecule has 20 heavy (non-hydrogen) atoms. The summed E-state index contributed by atoms with van der Waals surface area (Å²) in [6.07, 6.45) is 1.32. The normalized spacial score (nSPS) is 11.5. The number of aryl methyl sites for hydroxylation is 1. The number of hydrogen-bond acceptors (Lipinski definition) is 6. The topological polar surface area (TPSA) is 128 Å². The van der Waals surface area contributed by atoms with Crippen LogP contribution in [0, 0.1) is 0 Å². The Labute approximate surface area is 117 Å². The SMILES string of the molecule is CCn1cc(S(=O)(=O)NCC(=O)NCCOC)c(N)n1. The third-order valence-electron chi connectivity index (χ3n) is 2.42. The van der Waals surface area contributed by atoms with Crippen molar-refractivity contribution in [3.63, 3.8) is 0 Å². The molecule has 1 amide bonds. The van der Waals surface area contributed by atoms with Crippen LogP contribution in [0.2, 0.25) is 0 Å². The van der Waals surface area contributed by atoms with E-state index in [1.807, 2.05) is 0 Å². The van der Waals surface area contributed by atoms with E-state index in [1.165, 1.54) is 18.0 Å². The van der Waals surface area contributed by atoms with E-state index in [0.29, 0.717) is 19.7 Å². The van der Waals surface area contributed by atoms with E-state index in [0.717, 1.165) is 0 Å². The second-order valence-corrected chi connectivity index (χ2v) is 5.64. The molecule has 0 aliphatic carbocycles. The zero-order valence-electron chi connectivity index (χ0n) is 11.4. The number of carbonyl (C=O) groups is 1. The van der Waals surface area contributed by atoms with Crippen molar-refractivity contribution in [2.45, 2.75) is 18.4 Å². The zero-order chi connectivity index (χ0) is 15.2. The number of carbonyl (C=O) groups excluding carboxylic acids is 1. The minimum absolute atomic E-state index is 0.0980. The molecule has 0 aliphatic heterocycles. The molecule has 0 spiro atoms. The highest BCUT2D eigenvalue weighted by molar-refractivity contribution is 7.89. The van der Waals surface area contributed by atoms with Crippen molar-refractivity contribution in [1.29, 1.82) is 0 Å². The van der Waals surface area contributed by atoms with E-state index in [-0.39, 0.29) is 17.3 Å². The molecule has 1 heterocycles. The van der Waals surface area contributed by atoms with Crippen molar-refractivity contribution in [2.24, 2.45) is 0 Å². The zero-order valence-corrected chi connectivity index (χ0v) is 12.2. The number of rotatable bonds is 8. The standard InChI is InChI=1S/C10H19N5O4S/c1-3-15-7-8(10(11)14-15)20(17,18)13-6-9(16)12-4-5-19-2/h7,13H,3-6H2,1-2H3,(H2,11,14)(H,12,16). The molecular weight excluding hydrogens is 286 g/mol. The summed E-state index contributed by atoms with van der Waals surface area (Å²) in [6.45, 7) is 2.60. The van der Waals surface area contributed by atoms with Gasteiger partial charge in [-0.1, -0.05) is 0 Å². The number of anilines is 1. The van der Waals surface area contributed by atoms with Gasteiger partial charge in [-0.3, -0.25) is 9.48 Å². The van der Waals surface area contributed by atoms with Crippen LogP contribution in [0.4, 0.5) is 5.82 Å². The van der Waals surface area contributed by atoms with E-state index < -0.39 is 15.9 Å². The highest BCUT2D eigenvalue weighted by Gasteiger charge is 2.21. The molecule has 1 aromatic heterocycles. The van der Waals surface area contributed by atoms with Gasteiger partial charge in [0.1, 0.15) is 4.90 Å². The lowest BCUT2D eigenvalue weighted by molar-refractivity contribution is -0.120. The molecule has 0 saturated heterocycles. The van der Waals surface area contributed by atoms with Crippen molar-refractivity contribution in [3.8, 4) is 0 Å². The van der Waals surface area contributed by atoms with Crippen LogP contribution in [0.25, 0.3) is 0 Å². The van der Waals surface area contributed by atoms with E-state index in [4.69, 9.17) is 10.5 Å². The predicted octanol–water partition coefficient (Wildman–Crippen LogP) is -1.47. The summed E-state index contributed by atoms with van der Waals surface area (Å²) in [6, 6.07) is 0. The summed E-state index contributed by atoms with van der Waals surface area (Å²) >= 11 is 0. The molecule has 0 aromatic carbocycles. The van der Waals surface area contributed by atoms with Crippen molar-refractivity contribution < 1.29 is 17.9 Å². The van der Waals surface area contributed by atoms with E-state index in [9.17, 15) is 13.2 Å². The summed E-state index contributed by atoms with van der Waals surface area (Å²) in [7, 11) is -2.35. The second kappa shape index (κ2) is 7.22. The van der Waals surface area contributed by atoms with Crippen LogP contribution in [0.3, 0.4) is 0 Å². The molecule has 0 unspecified atom stereocenters. The van der Waals surface area contributed by atoms with Gasteiger partial charge in [0, 0.05) is 26.4 Å².